The van der Waals surface area contributed by atoms with E-state index in [2.05, 4.69) is 9.62 Å². The fourth-order valence-corrected chi connectivity index (χ4v) is 2.52. The van der Waals surface area contributed by atoms with Crippen LogP contribution in [0.15, 0.2) is 0 Å². The van der Waals surface area contributed by atoms with Crippen LogP contribution in [0.4, 0.5) is 4.79 Å². The molecule has 8 heteroatoms. The second kappa shape index (κ2) is 7.06. The van der Waals surface area contributed by atoms with Gasteiger partial charge in [-0.3, -0.25) is 4.90 Å². The summed E-state index contributed by atoms with van der Waals surface area (Å²) in [4.78, 5) is 17.4. The van der Waals surface area contributed by atoms with Crippen molar-refractivity contribution in [3.8, 4) is 0 Å². The molecule has 1 aliphatic heterocycles. The van der Waals surface area contributed by atoms with Crippen molar-refractivity contribution in [1.29, 1.82) is 0 Å². The van der Waals surface area contributed by atoms with E-state index in [0.29, 0.717) is 6.54 Å². The highest BCUT2D eigenvalue weighted by Gasteiger charge is 2.21. The van der Waals surface area contributed by atoms with Gasteiger partial charge < -0.3 is 9.80 Å². The second-order valence-electron chi connectivity index (χ2n) is 5.03. The molecule has 1 fully saturated rings. The number of hydrogen-bond donors (Lipinski definition) is 1. The minimum Gasteiger partial charge on any atom is -0.331 e. The van der Waals surface area contributed by atoms with Gasteiger partial charge in [0.1, 0.15) is 0 Å². The predicted octanol–water partition coefficient (Wildman–Crippen LogP) is -0.775. The Hall–Kier alpha value is -0.860. The molecule has 0 radical (unpaired) electrons. The first-order valence-corrected chi connectivity index (χ1v) is 8.32. The molecule has 0 saturated carbocycles. The number of nitrogens with zero attached hydrogens (tertiary/aromatic N) is 3. The number of carbonyl (C=O) groups excluding carboxylic acids is 1. The van der Waals surface area contributed by atoms with Crippen molar-refractivity contribution in [3.05, 3.63) is 0 Å². The van der Waals surface area contributed by atoms with Gasteiger partial charge in [-0.1, -0.05) is 0 Å². The van der Waals surface area contributed by atoms with Crippen LogP contribution in [-0.2, 0) is 10.0 Å². The summed E-state index contributed by atoms with van der Waals surface area (Å²) in [6, 6.07) is 0.0541. The molecule has 1 rings (SSSR count). The van der Waals surface area contributed by atoms with E-state index in [1.807, 2.05) is 4.90 Å². The lowest BCUT2D eigenvalue weighted by atomic mass is 10.3. The molecule has 0 aromatic carbocycles. The van der Waals surface area contributed by atoms with Gasteiger partial charge in [0, 0.05) is 46.8 Å². The molecule has 0 aliphatic carbocycles. The zero-order valence-corrected chi connectivity index (χ0v) is 12.7. The molecule has 1 aliphatic rings. The van der Waals surface area contributed by atoms with Crippen LogP contribution in [0.25, 0.3) is 0 Å². The smallest absolute Gasteiger partial charge is 0.319 e. The van der Waals surface area contributed by atoms with E-state index in [9.17, 15) is 13.2 Å². The van der Waals surface area contributed by atoms with E-state index in [-0.39, 0.29) is 6.03 Å². The fraction of sp³-hybridized carbons (Fsp3) is 0.909. The molecular formula is C11H24N4O3S. The van der Waals surface area contributed by atoms with Crippen LogP contribution >= 0.6 is 0 Å². The van der Waals surface area contributed by atoms with E-state index in [4.69, 9.17) is 0 Å². The van der Waals surface area contributed by atoms with Gasteiger partial charge in [0.15, 0.2) is 0 Å². The number of carbonyl (C=O) groups is 1. The monoisotopic (exact) mass is 292 g/mol. The molecule has 7 nitrogen and oxygen atoms in total. The van der Waals surface area contributed by atoms with E-state index in [1.54, 1.807) is 19.0 Å². The van der Waals surface area contributed by atoms with Crippen molar-refractivity contribution in [2.24, 2.45) is 0 Å². The summed E-state index contributed by atoms with van der Waals surface area (Å²) in [7, 11) is 0.427. The van der Waals surface area contributed by atoms with Crippen molar-refractivity contribution in [3.63, 3.8) is 0 Å². The van der Waals surface area contributed by atoms with Gasteiger partial charge in [0.05, 0.1) is 6.26 Å². The lowest BCUT2D eigenvalue weighted by molar-refractivity contribution is 0.123. The minimum absolute atomic E-state index is 0.0541. The molecule has 1 heterocycles. The minimum atomic E-state index is -3.08. The second-order valence-corrected chi connectivity index (χ2v) is 6.86. The predicted molar refractivity (Wildman–Crippen MR) is 74.6 cm³/mol. The van der Waals surface area contributed by atoms with Gasteiger partial charge in [-0.2, -0.15) is 0 Å². The van der Waals surface area contributed by atoms with Crippen molar-refractivity contribution < 1.29 is 13.2 Å². The van der Waals surface area contributed by atoms with Gasteiger partial charge >= 0.3 is 6.03 Å². The van der Waals surface area contributed by atoms with Gasteiger partial charge in [-0.25, -0.2) is 17.9 Å². The highest BCUT2D eigenvalue weighted by Crippen LogP contribution is 2.04. The van der Waals surface area contributed by atoms with Crippen LogP contribution < -0.4 is 4.72 Å². The Kier molecular flexibility index (Phi) is 6.02. The summed E-state index contributed by atoms with van der Waals surface area (Å²) in [5.74, 6) is 0. The molecule has 2 amide bonds. The molecule has 0 unspecified atom stereocenters. The normalized spacial score (nSPS) is 17.5. The Morgan fingerprint density at radius 1 is 1.21 bits per heavy atom. The third-order valence-electron chi connectivity index (χ3n) is 3.04. The van der Waals surface area contributed by atoms with Crippen LogP contribution in [0.1, 0.15) is 6.42 Å². The summed E-state index contributed by atoms with van der Waals surface area (Å²) >= 11 is 0. The zero-order valence-electron chi connectivity index (χ0n) is 11.9. The summed E-state index contributed by atoms with van der Waals surface area (Å²) in [5, 5.41) is 0. The van der Waals surface area contributed by atoms with E-state index < -0.39 is 10.0 Å². The van der Waals surface area contributed by atoms with Crippen molar-refractivity contribution in [1.82, 2.24) is 19.4 Å². The summed E-state index contributed by atoms with van der Waals surface area (Å²) in [5.41, 5.74) is 0. The molecular weight excluding hydrogens is 268 g/mol. The number of hydrogen-bond acceptors (Lipinski definition) is 4. The van der Waals surface area contributed by atoms with Crippen molar-refractivity contribution in [2.45, 2.75) is 6.42 Å². The van der Waals surface area contributed by atoms with Crippen LogP contribution in [0.2, 0.25) is 0 Å². The van der Waals surface area contributed by atoms with Crippen LogP contribution in [0.5, 0.6) is 0 Å². The van der Waals surface area contributed by atoms with Crippen molar-refractivity contribution >= 4 is 16.1 Å². The maximum atomic E-state index is 11.7. The molecule has 0 bridgehead atoms. The molecule has 112 valence electrons. The Morgan fingerprint density at radius 2 is 1.79 bits per heavy atom. The average molecular weight is 292 g/mol. The summed E-state index contributed by atoms with van der Waals surface area (Å²) in [6.45, 7) is 4.48. The SMILES string of the molecule is CN(C)C(=O)N1CCN(CCCNS(C)(=O)=O)CC1. The van der Waals surface area contributed by atoms with Gasteiger partial charge in [-0.15, -0.1) is 0 Å². The number of nitrogens with one attached hydrogen (secondary N) is 1. The Labute approximate surface area is 115 Å². The number of amides is 2. The Bertz CT molecular complexity index is 389. The lowest BCUT2D eigenvalue weighted by Crippen LogP contribution is -2.51. The van der Waals surface area contributed by atoms with Crippen LogP contribution in [0.3, 0.4) is 0 Å². The molecule has 1 N–H and O–H groups in total. The van der Waals surface area contributed by atoms with Crippen LogP contribution in [0, 0.1) is 0 Å². The zero-order chi connectivity index (χ0) is 14.5. The highest BCUT2D eigenvalue weighted by atomic mass is 32.2. The number of rotatable bonds is 5. The number of piperazine rings is 1. The first-order valence-electron chi connectivity index (χ1n) is 6.43. The van der Waals surface area contributed by atoms with E-state index in [1.165, 1.54) is 6.26 Å². The first-order chi connectivity index (χ1) is 8.79. The van der Waals surface area contributed by atoms with E-state index >= 15 is 0 Å². The quantitative estimate of drug-likeness (QED) is 0.675. The Balaban J connectivity index is 2.18. The van der Waals surface area contributed by atoms with Crippen molar-refractivity contribution in [2.75, 3.05) is 59.6 Å². The standard InChI is InChI=1S/C11H24N4O3S/c1-13(2)11(16)15-9-7-14(8-10-15)6-4-5-12-19(3,17)18/h12H,4-10H2,1-3H3. The topological polar surface area (TPSA) is 73.0 Å². The van der Waals surface area contributed by atoms with Gasteiger partial charge in [0.2, 0.25) is 10.0 Å². The summed E-state index contributed by atoms with van der Waals surface area (Å²) < 4.78 is 24.3. The molecule has 19 heavy (non-hydrogen) atoms. The lowest BCUT2D eigenvalue weighted by Gasteiger charge is -2.35. The number of urea groups is 1. The third kappa shape index (κ3) is 6.22. The molecule has 1 saturated heterocycles. The first kappa shape index (κ1) is 16.2. The van der Waals surface area contributed by atoms with Gasteiger partial charge in [0.25, 0.3) is 0 Å². The molecule has 0 atom stereocenters. The summed E-state index contributed by atoms with van der Waals surface area (Å²) in [6.07, 6.45) is 1.95. The maximum absolute atomic E-state index is 11.7. The van der Waals surface area contributed by atoms with Crippen LogP contribution in [-0.4, -0.2) is 88.8 Å². The average Bonchev–Trinajstić information content (AvgIpc) is 2.33. The number of sulfonamides is 1. The highest BCUT2D eigenvalue weighted by molar-refractivity contribution is 7.88. The molecule has 0 aromatic heterocycles. The maximum Gasteiger partial charge on any atom is 0.319 e. The largest absolute Gasteiger partial charge is 0.331 e. The van der Waals surface area contributed by atoms with Gasteiger partial charge in [-0.05, 0) is 13.0 Å². The fourth-order valence-electron chi connectivity index (χ4n) is 2.01. The molecule has 0 aromatic rings. The third-order valence-corrected chi connectivity index (χ3v) is 3.77. The van der Waals surface area contributed by atoms with E-state index in [0.717, 1.165) is 39.1 Å². The Morgan fingerprint density at radius 3 is 2.26 bits per heavy atom. The molecule has 0 spiro atoms.